The van der Waals surface area contributed by atoms with Crippen molar-refractivity contribution in [2.24, 2.45) is 5.92 Å². The van der Waals surface area contributed by atoms with E-state index in [-0.39, 0.29) is 35.1 Å². The van der Waals surface area contributed by atoms with E-state index in [1.165, 1.54) is 17.8 Å². The van der Waals surface area contributed by atoms with Gasteiger partial charge in [0, 0.05) is 23.8 Å². The number of anilines is 1. The summed E-state index contributed by atoms with van der Waals surface area (Å²) in [7, 11) is 0. The third kappa shape index (κ3) is 3.71. The predicted octanol–water partition coefficient (Wildman–Crippen LogP) is 2.61. The Morgan fingerprint density at radius 3 is 2.76 bits per heavy atom. The van der Waals surface area contributed by atoms with Crippen molar-refractivity contribution in [3.63, 3.8) is 0 Å². The molecule has 1 atom stereocenters. The predicted molar refractivity (Wildman–Crippen MR) is 98.1 cm³/mol. The molecule has 2 heterocycles. The molecule has 1 aliphatic heterocycles. The van der Waals surface area contributed by atoms with Gasteiger partial charge >= 0.3 is 0 Å². The lowest BCUT2D eigenvalue weighted by molar-refractivity contribution is -0.119. The molecule has 1 aliphatic rings. The first-order chi connectivity index (χ1) is 11.8. The van der Waals surface area contributed by atoms with Gasteiger partial charge in [-0.1, -0.05) is 44.7 Å². The van der Waals surface area contributed by atoms with Crippen LogP contribution in [0, 0.1) is 5.92 Å². The smallest absolute Gasteiger partial charge is 0.254 e. The number of aromatic hydroxyl groups is 1. The third-order valence-electron chi connectivity index (χ3n) is 4.09. The summed E-state index contributed by atoms with van der Waals surface area (Å²) in [4.78, 5) is 29.5. The maximum absolute atomic E-state index is 12.5. The highest BCUT2D eigenvalue weighted by molar-refractivity contribution is 7.99. The van der Waals surface area contributed by atoms with E-state index >= 15 is 0 Å². The molecule has 0 spiro atoms. The number of benzene rings is 1. The molecule has 132 valence electrons. The fraction of sp³-hybridized carbons (Fsp3) is 0.389. The van der Waals surface area contributed by atoms with Crippen molar-refractivity contribution < 1.29 is 9.90 Å². The molecule has 2 N–H and O–H groups in total. The quantitative estimate of drug-likeness (QED) is 0.636. The number of thioether (sulfide) groups is 1. The number of carbonyl (C=O) groups excluding carboxylic acids is 1. The second-order valence-corrected chi connectivity index (χ2v) is 8.12. The zero-order valence-corrected chi connectivity index (χ0v) is 15.3. The fourth-order valence-corrected chi connectivity index (χ4v) is 3.66. The minimum atomic E-state index is -0.364. The first-order valence-corrected chi connectivity index (χ1v) is 9.08. The highest BCUT2D eigenvalue weighted by Gasteiger charge is 2.29. The van der Waals surface area contributed by atoms with Gasteiger partial charge in [-0.05, 0) is 12.1 Å². The molecular formula is C18H21N3O3S. The van der Waals surface area contributed by atoms with Crippen molar-refractivity contribution in [1.82, 2.24) is 9.55 Å². The van der Waals surface area contributed by atoms with Crippen LogP contribution in [-0.2, 0) is 16.8 Å². The van der Waals surface area contributed by atoms with Gasteiger partial charge in [0.25, 0.3) is 5.56 Å². The molecular weight excluding hydrogens is 338 g/mol. The average Bonchev–Trinajstić information content (AvgIpc) is 2.55. The molecule has 7 heteroatoms. The molecule has 6 nitrogen and oxygen atoms in total. The van der Waals surface area contributed by atoms with Gasteiger partial charge in [-0.25, -0.2) is 4.98 Å². The van der Waals surface area contributed by atoms with E-state index in [0.717, 1.165) is 5.69 Å². The molecule has 1 aromatic carbocycles. The molecule has 0 radical (unpaired) electrons. The van der Waals surface area contributed by atoms with E-state index in [4.69, 9.17) is 0 Å². The van der Waals surface area contributed by atoms with Crippen LogP contribution in [0.2, 0.25) is 0 Å². The number of para-hydroxylation sites is 2. The van der Waals surface area contributed by atoms with Crippen molar-refractivity contribution in [2.75, 3.05) is 11.1 Å². The Morgan fingerprint density at radius 2 is 2.08 bits per heavy atom. The summed E-state index contributed by atoms with van der Waals surface area (Å²) in [5.74, 6) is -0.0173. The van der Waals surface area contributed by atoms with Gasteiger partial charge in [0.05, 0.1) is 17.3 Å². The zero-order valence-electron chi connectivity index (χ0n) is 14.4. The molecule has 1 unspecified atom stereocenters. The number of carbonyl (C=O) groups is 1. The van der Waals surface area contributed by atoms with Crippen LogP contribution in [-0.4, -0.2) is 26.3 Å². The number of nitrogens with zero attached hydrogens (tertiary/aromatic N) is 2. The van der Waals surface area contributed by atoms with Gasteiger partial charge in [0.2, 0.25) is 5.91 Å². The van der Waals surface area contributed by atoms with E-state index in [9.17, 15) is 14.7 Å². The Kier molecular flexibility index (Phi) is 4.60. The summed E-state index contributed by atoms with van der Waals surface area (Å²) >= 11 is 1.41. The number of nitrogens with one attached hydrogen (secondary N) is 1. The molecule has 2 aromatic rings. The first kappa shape index (κ1) is 17.5. The molecule has 0 saturated carbocycles. The largest absolute Gasteiger partial charge is 0.506 e. The number of hydrogen-bond donors (Lipinski definition) is 2. The van der Waals surface area contributed by atoms with Crippen LogP contribution in [0.25, 0.3) is 0 Å². The van der Waals surface area contributed by atoms with Gasteiger partial charge in [-0.15, -0.1) is 0 Å². The minimum absolute atomic E-state index is 0.0216. The van der Waals surface area contributed by atoms with Crippen molar-refractivity contribution in [1.29, 1.82) is 0 Å². The topological polar surface area (TPSA) is 84.2 Å². The van der Waals surface area contributed by atoms with E-state index in [1.807, 2.05) is 20.8 Å². The van der Waals surface area contributed by atoms with Crippen LogP contribution >= 0.6 is 11.8 Å². The van der Waals surface area contributed by atoms with Gasteiger partial charge < -0.3 is 10.4 Å². The summed E-state index contributed by atoms with van der Waals surface area (Å²) in [6, 6.07) is 8.13. The Labute approximate surface area is 150 Å². The Balaban J connectivity index is 1.81. The molecule has 1 aromatic heterocycles. The molecule has 0 saturated heterocycles. The number of phenols is 1. The van der Waals surface area contributed by atoms with Crippen LogP contribution in [0.4, 0.5) is 5.69 Å². The highest BCUT2D eigenvalue weighted by Crippen LogP contribution is 2.29. The van der Waals surface area contributed by atoms with E-state index in [2.05, 4.69) is 10.3 Å². The van der Waals surface area contributed by atoms with E-state index in [0.29, 0.717) is 16.6 Å². The van der Waals surface area contributed by atoms with Gasteiger partial charge in [-0.2, -0.15) is 0 Å². The summed E-state index contributed by atoms with van der Waals surface area (Å²) in [6.45, 7) is 6.34. The molecule has 0 aliphatic carbocycles. The standard InChI is InChI=1S/C18H21N3O3S/c1-18(2,3)14-8-15(23)21-9-11(10-25-17(21)20-14)16(24)19-12-6-4-5-7-13(12)22/h4-8,11,22H,9-10H2,1-3H3,(H,19,24). The monoisotopic (exact) mass is 359 g/mol. The van der Waals surface area contributed by atoms with Crippen molar-refractivity contribution in [2.45, 2.75) is 37.9 Å². The normalized spacial score (nSPS) is 17.0. The Hall–Kier alpha value is -2.28. The summed E-state index contributed by atoms with van der Waals surface area (Å²) in [5, 5.41) is 13.2. The minimum Gasteiger partial charge on any atom is -0.506 e. The van der Waals surface area contributed by atoms with Crippen LogP contribution in [0.3, 0.4) is 0 Å². The lowest BCUT2D eigenvalue weighted by atomic mass is 9.92. The maximum atomic E-state index is 12.5. The molecule has 25 heavy (non-hydrogen) atoms. The fourth-order valence-electron chi connectivity index (χ4n) is 2.57. The van der Waals surface area contributed by atoms with E-state index < -0.39 is 0 Å². The average molecular weight is 359 g/mol. The van der Waals surface area contributed by atoms with Gasteiger partial charge in [0.1, 0.15) is 5.75 Å². The number of aromatic nitrogens is 2. The summed E-state index contributed by atoms with van der Waals surface area (Å²) in [6.07, 6.45) is 0. The van der Waals surface area contributed by atoms with Crippen LogP contribution in [0.5, 0.6) is 5.75 Å². The van der Waals surface area contributed by atoms with Crippen LogP contribution in [0.15, 0.2) is 40.3 Å². The molecule has 0 bridgehead atoms. The summed E-state index contributed by atoms with van der Waals surface area (Å²) in [5.41, 5.74) is 0.793. The van der Waals surface area contributed by atoms with Gasteiger partial charge in [-0.3, -0.25) is 14.2 Å². The van der Waals surface area contributed by atoms with Crippen molar-refractivity contribution >= 4 is 23.4 Å². The Bertz CT molecular complexity index is 871. The second kappa shape index (κ2) is 6.55. The summed E-state index contributed by atoms with van der Waals surface area (Å²) < 4.78 is 1.55. The lowest BCUT2D eigenvalue weighted by Crippen LogP contribution is -2.37. The van der Waals surface area contributed by atoms with E-state index in [1.54, 1.807) is 28.8 Å². The number of hydrogen-bond acceptors (Lipinski definition) is 5. The Morgan fingerprint density at radius 1 is 1.36 bits per heavy atom. The number of rotatable bonds is 2. The third-order valence-corrected chi connectivity index (χ3v) is 5.23. The number of amides is 1. The zero-order chi connectivity index (χ0) is 18.2. The van der Waals surface area contributed by atoms with Crippen LogP contribution in [0.1, 0.15) is 26.5 Å². The number of fused-ring (bicyclic) bond motifs is 1. The molecule has 1 amide bonds. The van der Waals surface area contributed by atoms with Crippen LogP contribution < -0.4 is 10.9 Å². The maximum Gasteiger partial charge on any atom is 0.254 e. The first-order valence-electron chi connectivity index (χ1n) is 8.10. The lowest BCUT2D eigenvalue weighted by Gasteiger charge is -2.26. The molecule has 0 fully saturated rings. The van der Waals surface area contributed by atoms with Crippen molar-refractivity contribution in [3.8, 4) is 5.75 Å². The van der Waals surface area contributed by atoms with Crippen molar-refractivity contribution in [3.05, 3.63) is 46.4 Å². The second-order valence-electron chi connectivity index (χ2n) is 7.14. The van der Waals surface area contributed by atoms with Gasteiger partial charge in [0.15, 0.2) is 5.16 Å². The highest BCUT2D eigenvalue weighted by atomic mass is 32.2. The SMILES string of the molecule is CC(C)(C)c1cc(=O)n2c(n1)SCC(C(=O)Nc1ccccc1O)C2. The number of phenolic OH excluding ortho intramolecular Hbond substituents is 1. The molecule has 3 rings (SSSR count).